The Morgan fingerprint density at radius 2 is 1.89 bits per heavy atom. The molecule has 148 valence electrons. The van der Waals surface area contributed by atoms with Crippen molar-refractivity contribution in [2.24, 2.45) is 0 Å². The molecule has 0 radical (unpaired) electrons. The van der Waals surface area contributed by atoms with Crippen LogP contribution in [0.4, 0.5) is 0 Å². The van der Waals surface area contributed by atoms with Crippen LogP contribution in [-0.4, -0.2) is 53.5 Å². The lowest BCUT2D eigenvalue weighted by Gasteiger charge is -2.34. The summed E-state index contributed by atoms with van der Waals surface area (Å²) >= 11 is 1.71. The van der Waals surface area contributed by atoms with Crippen LogP contribution in [0.5, 0.6) is 5.75 Å². The van der Waals surface area contributed by atoms with Crippen molar-refractivity contribution in [3.8, 4) is 5.75 Å². The van der Waals surface area contributed by atoms with Crippen molar-refractivity contribution in [2.75, 3.05) is 32.8 Å². The van der Waals surface area contributed by atoms with Gasteiger partial charge in [-0.05, 0) is 37.6 Å². The topological polar surface area (TPSA) is 45.7 Å². The number of aryl methyl sites for hydroxylation is 1. The van der Waals surface area contributed by atoms with Crippen LogP contribution in [0.1, 0.15) is 40.8 Å². The monoisotopic (exact) mass is 409 g/mol. The summed E-state index contributed by atoms with van der Waals surface area (Å²) in [4.78, 5) is 21.5. The highest BCUT2D eigenvalue weighted by Crippen LogP contribution is 2.17. The highest BCUT2D eigenvalue weighted by Gasteiger charge is 2.22. The van der Waals surface area contributed by atoms with Crippen molar-refractivity contribution >= 4 is 29.7 Å². The Kier molecular flexibility index (Phi) is 8.54. The van der Waals surface area contributed by atoms with E-state index in [4.69, 9.17) is 4.74 Å². The standard InChI is InChI=1S/C20H27N3O2S.ClH/c1-3-4-13-25-18-7-5-17(6-8-18)20(24)23-11-9-22(10-12-23)14-19-21-16(2)15-26-19;/h5-8,15H,3-4,9-14H2,1-2H3;1H. The minimum absolute atomic E-state index is 0. The number of unbranched alkanes of at least 4 members (excludes halogenated alkanes) is 1. The van der Waals surface area contributed by atoms with Crippen LogP contribution < -0.4 is 4.74 Å². The Balaban J connectivity index is 0.00000261. The maximum Gasteiger partial charge on any atom is 0.253 e. The van der Waals surface area contributed by atoms with Gasteiger partial charge in [0.15, 0.2) is 0 Å². The molecule has 1 saturated heterocycles. The van der Waals surface area contributed by atoms with Gasteiger partial charge in [-0.3, -0.25) is 9.69 Å². The molecule has 2 aromatic rings. The van der Waals surface area contributed by atoms with Crippen molar-refractivity contribution < 1.29 is 9.53 Å². The summed E-state index contributed by atoms with van der Waals surface area (Å²) in [6.45, 7) is 9.08. The fourth-order valence-electron chi connectivity index (χ4n) is 2.99. The first-order valence-corrected chi connectivity index (χ1v) is 10.2. The molecular formula is C20H28ClN3O2S. The van der Waals surface area contributed by atoms with Gasteiger partial charge in [-0.1, -0.05) is 13.3 Å². The molecule has 0 unspecified atom stereocenters. The van der Waals surface area contributed by atoms with Crippen molar-refractivity contribution in [1.82, 2.24) is 14.8 Å². The molecule has 2 heterocycles. The molecule has 0 bridgehead atoms. The lowest BCUT2D eigenvalue weighted by Crippen LogP contribution is -2.48. The first-order chi connectivity index (χ1) is 12.7. The Morgan fingerprint density at radius 1 is 1.19 bits per heavy atom. The van der Waals surface area contributed by atoms with Crippen molar-refractivity contribution in [1.29, 1.82) is 0 Å². The van der Waals surface area contributed by atoms with Crippen molar-refractivity contribution in [2.45, 2.75) is 33.2 Å². The smallest absolute Gasteiger partial charge is 0.253 e. The summed E-state index contributed by atoms with van der Waals surface area (Å²) in [6.07, 6.45) is 2.16. The number of halogens is 1. The van der Waals surface area contributed by atoms with Crippen LogP contribution in [0.2, 0.25) is 0 Å². The number of rotatable bonds is 7. The summed E-state index contributed by atoms with van der Waals surface area (Å²) < 4.78 is 5.66. The Morgan fingerprint density at radius 3 is 2.48 bits per heavy atom. The molecule has 1 aliphatic rings. The first kappa shape index (κ1) is 21.7. The normalized spacial score (nSPS) is 14.7. The van der Waals surface area contributed by atoms with Gasteiger partial charge in [0.2, 0.25) is 0 Å². The van der Waals surface area contributed by atoms with E-state index >= 15 is 0 Å². The number of carbonyl (C=O) groups is 1. The van der Waals surface area contributed by atoms with E-state index in [1.807, 2.05) is 36.1 Å². The number of hydrogen-bond donors (Lipinski definition) is 0. The third-order valence-electron chi connectivity index (χ3n) is 4.55. The van der Waals surface area contributed by atoms with Crippen LogP contribution in [0.15, 0.2) is 29.6 Å². The third kappa shape index (κ3) is 6.19. The fraction of sp³-hybridized carbons (Fsp3) is 0.500. The van der Waals surface area contributed by atoms with E-state index in [1.54, 1.807) is 11.3 Å². The highest BCUT2D eigenvalue weighted by molar-refractivity contribution is 7.09. The minimum Gasteiger partial charge on any atom is -0.494 e. The number of piperazine rings is 1. The van der Waals surface area contributed by atoms with Gasteiger partial charge in [0.1, 0.15) is 10.8 Å². The largest absolute Gasteiger partial charge is 0.494 e. The van der Waals surface area contributed by atoms with E-state index in [1.165, 1.54) is 0 Å². The van der Waals surface area contributed by atoms with E-state index in [9.17, 15) is 4.79 Å². The lowest BCUT2D eigenvalue weighted by atomic mass is 10.1. The summed E-state index contributed by atoms with van der Waals surface area (Å²) in [7, 11) is 0. The Labute approximate surface area is 171 Å². The van der Waals surface area contributed by atoms with Gasteiger partial charge in [-0.2, -0.15) is 0 Å². The van der Waals surface area contributed by atoms with Crippen LogP contribution in [0, 0.1) is 6.92 Å². The lowest BCUT2D eigenvalue weighted by molar-refractivity contribution is 0.0628. The van der Waals surface area contributed by atoms with Crippen LogP contribution in [-0.2, 0) is 6.54 Å². The van der Waals surface area contributed by atoms with Gasteiger partial charge < -0.3 is 9.64 Å². The molecule has 5 nitrogen and oxygen atoms in total. The zero-order chi connectivity index (χ0) is 18.4. The van der Waals surface area contributed by atoms with E-state index < -0.39 is 0 Å². The molecule has 1 aromatic heterocycles. The highest BCUT2D eigenvalue weighted by atomic mass is 35.5. The molecule has 1 aromatic carbocycles. The molecule has 1 fully saturated rings. The number of aromatic nitrogens is 1. The average Bonchev–Trinajstić information content (AvgIpc) is 3.07. The predicted octanol–water partition coefficient (Wildman–Crippen LogP) is 4.01. The Hall–Kier alpha value is -1.63. The number of benzene rings is 1. The molecule has 3 rings (SSSR count). The van der Waals surface area contributed by atoms with Gasteiger partial charge in [0.25, 0.3) is 5.91 Å². The zero-order valence-electron chi connectivity index (χ0n) is 16.0. The molecule has 0 aliphatic carbocycles. The Bertz CT molecular complexity index is 712. The molecule has 0 spiro atoms. The van der Waals surface area contributed by atoms with Crippen LogP contribution in [0.3, 0.4) is 0 Å². The number of hydrogen-bond acceptors (Lipinski definition) is 5. The molecule has 7 heteroatoms. The van der Waals surface area contributed by atoms with Gasteiger partial charge in [-0.15, -0.1) is 23.7 Å². The molecule has 1 amide bonds. The van der Waals surface area contributed by atoms with E-state index in [2.05, 4.69) is 22.2 Å². The van der Waals surface area contributed by atoms with Gasteiger partial charge in [0, 0.05) is 42.8 Å². The van der Waals surface area contributed by atoms with E-state index in [0.717, 1.165) is 74.2 Å². The van der Waals surface area contributed by atoms with Gasteiger partial charge >= 0.3 is 0 Å². The molecular weight excluding hydrogens is 382 g/mol. The fourth-order valence-corrected chi connectivity index (χ4v) is 3.80. The summed E-state index contributed by atoms with van der Waals surface area (Å²) in [5, 5.41) is 3.24. The van der Waals surface area contributed by atoms with E-state index in [0.29, 0.717) is 0 Å². The SMILES string of the molecule is CCCCOc1ccc(C(=O)N2CCN(Cc3nc(C)cs3)CC2)cc1.Cl. The quantitative estimate of drug-likeness (QED) is 0.648. The number of carbonyl (C=O) groups excluding carboxylic acids is 1. The number of thiazole rings is 1. The maximum absolute atomic E-state index is 12.7. The second-order valence-electron chi connectivity index (χ2n) is 6.68. The summed E-state index contributed by atoms with van der Waals surface area (Å²) in [5.41, 5.74) is 1.82. The predicted molar refractivity (Wildman–Crippen MR) is 112 cm³/mol. The summed E-state index contributed by atoms with van der Waals surface area (Å²) in [6, 6.07) is 7.52. The maximum atomic E-state index is 12.7. The molecule has 0 atom stereocenters. The number of nitrogens with zero attached hydrogens (tertiary/aromatic N) is 3. The van der Waals surface area contributed by atoms with Crippen molar-refractivity contribution in [3.63, 3.8) is 0 Å². The van der Waals surface area contributed by atoms with Crippen LogP contribution in [0.25, 0.3) is 0 Å². The van der Waals surface area contributed by atoms with Gasteiger partial charge in [0.05, 0.1) is 13.2 Å². The summed E-state index contributed by atoms with van der Waals surface area (Å²) in [5.74, 6) is 0.938. The van der Waals surface area contributed by atoms with Gasteiger partial charge in [-0.25, -0.2) is 4.98 Å². The molecule has 27 heavy (non-hydrogen) atoms. The first-order valence-electron chi connectivity index (χ1n) is 9.31. The average molecular weight is 410 g/mol. The third-order valence-corrected chi connectivity index (χ3v) is 5.50. The zero-order valence-corrected chi connectivity index (χ0v) is 17.7. The second kappa shape index (κ2) is 10.6. The van der Waals surface area contributed by atoms with Crippen molar-refractivity contribution in [3.05, 3.63) is 45.9 Å². The molecule has 1 aliphatic heterocycles. The van der Waals surface area contributed by atoms with E-state index in [-0.39, 0.29) is 18.3 Å². The molecule has 0 saturated carbocycles. The number of amides is 1. The molecule has 0 N–H and O–H groups in total. The second-order valence-corrected chi connectivity index (χ2v) is 7.62. The minimum atomic E-state index is 0. The van der Waals surface area contributed by atoms with Crippen LogP contribution >= 0.6 is 23.7 Å². The number of ether oxygens (including phenoxy) is 1.